The number of fused-ring (bicyclic) bond motifs is 1. The smallest absolute Gasteiger partial charge is 0.355 e. The van der Waals surface area contributed by atoms with Gasteiger partial charge in [-0.3, -0.25) is 4.79 Å². The van der Waals surface area contributed by atoms with Gasteiger partial charge in [-0.05, 0) is 17.0 Å². The molecule has 0 saturated heterocycles. The largest absolute Gasteiger partial charge is 0.464 e. The van der Waals surface area contributed by atoms with Crippen molar-refractivity contribution in [2.45, 2.75) is 6.04 Å². The first-order valence-electron chi connectivity index (χ1n) is 7.83. The van der Waals surface area contributed by atoms with Gasteiger partial charge in [0.05, 0.1) is 17.6 Å². The molecular weight excluding hydrogens is 352 g/mol. The number of methoxy groups -OCH3 is 1. The Hall–Kier alpha value is -3.26. The van der Waals surface area contributed by atoms with Crippen molar-refractivity contribution in [3.8, 4) is 0 Å². The fraction of sp³-hybridized carbons (Fsp3) is 0.111. The van der Waals surface area contributed by atoms with Crippen LogP contribution in [0.5, 0.6) is 0 Å². The Morgan fingerprint density at radius 3 is 2.69 bits per heavy atom. The number of nitrogens with one attached hydrogen (secondary N) is 1. The lowest BCUT2D eigenvalue weighted by Crippen LogP contribution is -2.32. The summed E-state index contributed by atoms with van der Waals surface area (Å²) in [5.74, 6) is -0.495. The third-order valence-electron chi connectivity index (χ3n) is 4.09. The molecule has 4 rings (SSSR count). The van der Waals surface area contributed by atoms with Crippen LogP contribution in [0.2, 0.25) is 0 Å². The van der Waals surface area contributed by atoms with E-state index in [1.54, 1.807) is 16.8 Å². The zero-order chi connectivity index (χ0) is 18.1. The average molecular weight is 366 g/mol. The SMILES string of the molecule is COC(=O)C1=C(C(=O)c2cccs2)C(c2ccccc2)n2ncnc2N1. The number of Topliss-reactive ketones (excluding diaryl/α,β-unsaturated/α-hetero) is 1. The summed E-state index contributed by atoms with van der Waals surface area (Å²) in [6, 6.07) is 12.4. The molecule has 1 unspecified atom stereocenters. The number of benzene rings is 1. The van der Waals surface area contributed by atoms with Gasteiger partial charge in [0.1, 0.15) is 18.1 Å². The molecular formula is C18H14N4O3S. The van der Waals surface area contributed by atoms with Crippen LogP contribution in [0.25, 0.3) is 0 Å². The summed E-state index contributed by atoms with van der Waals surface area (Å²) in [5.41, 5.74) is 1.19. The van der Waals surface area contributed by atoms with Gasteiger partial charge in [0, 0.05) is 0 Å². The number of ether oxygens (including phenoxy) is 1. The van der Waals surface area contributed by atoms with Crippen LogP contribution in [0.3, 0.4) is 0 Å². The number of carbonyl (C=O) groups is 2. The first kappa shape index (κ1) is 16.2. The zero-order valence-corrected chi connectivity index (χ0v) is 14.6. The highest BCUT2D eigenvalue weighted by atomic mass is 32.1. The Kier molecular flexibility index (Phi) is 4.10. The quantitative estimate of drug-likeness (QED) is 0.564. The van der Waals surface area contributed by atoms with Gasteiger partial charge in [0.15, 0.2) is 0 Å². The maximum absolute atomic E-state index is 13.3. The maximum Gasteiger partial charge on any atom is 0.355 e. The normalized spacial score (nSPS) is 16.0. The van der Waals surface area contributed by atoms with Crippen LogP contribution in [0, 0.1) is 0 Å². The van der Waals surface area contributed by atoms with Crippen molar-refractivity contribution in [2.75, 3.05) is 12.4 Å². The lowest BCUT2D eigenvalue weighted by atomic mass is 9.91. The molecule has 1 aromatic carbocycles. The van der Waals surface area contributed by atoms with Crippen molar-refractivity contribution in [1.82, 2.24) is 14.8 Å². The Bertz CT molecular complexity index is 993. The van der Waals surface area contributed by atoms with Crippen molar-refractivity contribution < 1.29 is 14.3 Å². The molecule has 1 N–H and O–H groups in total. The van der Waals surface area contributed by atoms with E-state index < -0.39 is 12.0 Å². The minimum absolute atomic E-state index is 0.0836. The minimum atomic E-state index is -0.625. The highest BCUT2D eigenvalue weighted by Gasteiger charge is 2.38. The van der Waals surface area contributed by atoms with Crippen LogP contribution in [0.4, 0.5) is 5.95 Å². The number of hydrogen-bond donors (Lipinski definition) is 1. The summed E-state index contributed by atoms with van der Waals surface area (Å²) < 4.78 is 6.50. The average Bonchev–Trinajstić information content (AvgIpc) is 3.37. The number of esters is 1. The van der Waals surface area contributed by atoms with Crippen molar-refractivity contribution in [1.29, 1.82) is 0 Å². The summed E-state index contributed by atoms with van der Waals surface area (Å²) in [6.45, 7) is 0. The molecule has 3 aromatic rings. The first-order chi connectivity index (χ1) is 12.7. The second kappa shape index (κ2) is 6.57. The molecule has 1 aliphatic rings. The van der Waals surface area contributed by atoms with Crippen LogP contribution in [-0.4, -0.2) is 33.6 Å². The van der Waals surface area contributed by atoms with Gasteiger partial charge < -0.3 is 10.1 Å². The molecule has 0 radical (unpaired) electrons. The maximum atomic E-state index is 13.3. The molecule has 7 nitrogen and oxygen atoms in total. The first-order valence-corrected chi connectivity index (χ1v) is 8.71. The van der Waals surface area contributed by atoms with Gasteiger partial charge >= 0.3 is 5.97 Å². The number of allylic oxidation sites excluding steroid dienone is 1. The molecule has 0 amide bonds. The molecule has 0 saturated carbocycles. The number of thiophene rings is 1. The van der Waals surface area contributed by atoms with Crippen molar-refractivity contribution in [3.05, 3.63) is 75.9 Å². The van der Waals surface area contributed by atoms with Crippen molar-refractivity contribution >= 4 is 29.0 Å². The number of ketones is 1. The number of carbonyl (C=O) groups excluding carboxylic acids is 2. The van der Waals surface area contributed by atoms with E-state index in [0.29, 0.717) is 10.8 Å². The van der Waals surface area contributed by atoms with E-state index in [1.165, 1.54) is 24.8 Å². The van der Waals surface area contributed by atoms with Crippen LogP contribution in [0.1, 0.15) is 21.3 Å². The lowest BCUT2D eigenvalue weighted by molar-refractivity contribution is -0.136. The third-order valence-corrected chi connectivity index (χ3v) is 4.96. The molecule has 3 heterocycles. The molecule has 1 atom stereocenters. The predicted octanol–water partition coefficient (Wildman–Crippen LogP) is 2.66. The van der Waals surface area contributed by atoms with E-state index in [9.17, 15) is 9.59 Å². The molecule has 1 aliphatic heterocycles. The van der Waals surface area contributed by atoms with E-state index in [0.717, 1.165) is 5.56 Å². The highest BCUT2D eigenvalue weighted by Crippen LogP contribution is 2.37. The Labute approximate surface area is 152 Å². The van der Waals surface area contributed by atoms with E-state index in [1.807, 2.05) is 35.7 Å². The van der Waals surface area contributed by atoms with E-state index in [-0.39, 0.29) is 17.1 Å². The van der Waals surface area contributed by atoms with Gasteiger partial charge in [0.2, 0.25) is 11.7 Å². The summed E-state index contributed by atoms with van der Waals surface area (Å²) >= 11 is 1.32. The summed E-state index contributed by atoms with van der Waals surface area (Å²) in [6.07, 6.45) is 1.38. The van der Waals surface area contributed by atoms with Crippen molar-refractivity contribution in [2.24, 2.45) is 0 Å². The monoisotopic (exact) mass is 366 g/mol. The van der Waals surface area contributed by atoms with E-state index in [2.05, 4.69) is 15.4 Å². The minimum Gasteiger partial charge on any atom is -0.464 e. The summed E-state index contributed by atoms with van der Waals surface area (Å²) in [5, 5.41) is 8.97. The zero-order valence-electron chi connectivity index (χ0n) is 13.7. The van der Waals surface area contributed by atoms with Gasteiger partial charge in [-0.15, -0.1) is 11.3 Å². The molecule has 0 aliphatic carbocycles. The van der Waals surface area contributed by atoms with Crippen LogP contribution in [-0.2, 0) is 9.53 Å². The Balaban J connectivity index is 1.96. The fourth-order valence-corrected chi connectivity index (χ4v) is 3.63. The van der Waals surface area contributed by atoms with Gasteiger partial charge in [-0.2, -0.15) is 10.1 Å². The number of anilines is 1. The second-order valence-corrected chi connectivity index (χ2v) is 6.50. The topological polar surface area (TPSA) is 86.1 Å². The third kappa shape index (κ3) is 2.60. The molecule has 130 valence electrons. The van der Waals surface area contributed by atoms with E-state index in [4.69, 9.17) is 4.74 Å². The van der Waals surface area contributed by atoms with Crippen molar-refractivity contribution in [3.63, 3.8) is 0 Å². The summed E-state index contributed by atoms with van der Waals surface area (Å²) in [4.78, 5) is 30.3. The molecule has 0 bridgehead atoms. The summed E-state index contributed by atoms with van der Waals surface area (Å²) in [7, 11) is 1.28. The number of aromatic nitrogens is 3. The molecule has 2 aromatic heterocycles. The highest BCUT2D eigenvalue weighted by molar-refractivity contribution is 7.12. The predicted molar refractivity (Wildman–Crippen MR) is 95.9 cm³/mol. The molecule has 0 fully saturated rings. The Morgan fingerprint density at radius 1 is 1.19 bits per heavy atom. The second-order valence-electron chi connectivity index (χ2n) is 5.55. The molecule has 0 spiro atoms. The van der Waals surface area contributed by atoms with Gasteiger partial charge in [0.25, 0.3) is 0 Å². The number of hydrogen-bond acceptors (Lipinski definition) is 7. The number of rotatable bonds is 4. The molecule has 8 heteroatoms. The molecule has 26 heavy (non-hydrogen) atoms. The van der Waals surface area contributed by atoms with Gasteiger partial charge in [-0.25, -0.2) is 9.48 Å². The Morgan fingerprint density at radius 2 is 2.00 bits per heavy atom. The number of nitrogens with zero attached hydrogens (tertiary/aromatic N) is 3. The van der Waals surface area contributed by atoms with Crippen LogP contribution < -0.4 is 5.32 Å². The van der Waals surface area contributed by atoms with Gasteiger partial charge in [-0.1, -0.05) is 36.4 Å². The van der Waals surface area contributed by atoms with E-state index >= 15 is 0 Å². The fourth-order valence-electron chi connectivity index (χ4n) is 2.95. The van der Waals surface area contributed by atoms with Crippen LogP contribution >= 0.6 is 11.3 Å². The standard InChI is InChI=1S/C18H14N4O3S/c1-25-17(24)14-13(16(23)12-8-5-9-26-12)15(11-6-3-2-4-7-11)22-18(21-14)19-10-20-22/h2-10,15H,1H3,(H,19,20,21). The lowest BCUT2D eigenvalue weighted by Gasteiger charge is -2.28. The van der Waals surface area contributed by atoms with Crippen LogP contribution in [0.15, 0.2) is 65.4 Å².